The largest absolute Gasteiger partial charge is 0.453 e. The Kier molecular flexibility index (Phi) is 5.00. The Bertz CT molecular complexity index is 562. The van der Waals surface area contributed by atoms with Crippen LogP contribution in [0, 0.1) is 0 Å². The number of Topliss-reactive ketones (excluding diaryl/α,β-unsaturated/α-hetero) is 1. The van der Waals surface area contributed by atoms with Crippen molar-refractivity contribution in [3.63, 3.8) is 0 Å². The highest BCUT2D eigenvalue weighted by Crippen LogP contribution is 2.24. The summed E-state index contributed by atoms with van der Waals surface area (Å²) >= 11 is 5.90. The van der Waals surface area contributed by atoms with E-state index in [0.717, 1.165) is 37.6 Å². The molecular weight excluding hydrogens is 262 g/mol. The summed E-state index contributed by atoms with van der Waals surface area (Å²) in [5.74, 6) is 0.483. The SMILES string of the molecule is NCCCCCCC(=O)c1cc2cc(Cl)ccc2o1. The Labute approximate surface area is 117 Å². The summed E-state index contributed by atoms with van der Waals surface area (Å²) in [6, 6.07) is 7.12. The van der Waals surface area contributed by atoms with Crippen molar-refractivity contribution in [3.05, 3.63) is 35.0 Å². The van der Waals surface area contributed by atoms with Gasteiger partial charge in [-0.15, -0.1) is 0 Å². The van der Waals surface area contributed by atoms with Gasteiger partial charge in [-0.3, -0.25) is 4.79 Å². The fourth-order valence-electron chi connectivity index (χ4n) is 2.06. The molecule has 0 saturated carbocycles. The topological polar surface area (TPSA) is 56.2 Å². The van der Waals surface area contributed by atoms with Crippen LogP contribution in [0.25, 0.3) is 11.0 Å². The molecule has 0 atom stereocenters. The predicted molar refractivity (Wildman–Crippen MR) is 77.7 cm³/mol. The lowest BCUT2D eigenvalue weighted by Crippen LogP contribution is -1.99. The zero-order valence-corrected chi connectivity index (χ0v) is 11.6. The average molecular weight is 280 g/mol. The van der Waals surface area contributed by atoms with Gasteiger partial charge < -0.3 is 10.2 Å². The van der Waals surface area contributed by atoms with Crippen LogP contribution in [-0.2, 0) is 0 Å². The minimum absolute atomic E-state index is 0.0556. The molecule has 0 saturated heterocycles. The zero-order chi connectivity index (χ0) is 13.7. The highest BCUT2D eigenvalue weighted by molar-refractivity contribution is 6.31. The molecule has 102 valence electrons. The van der Waals surface area contributed by atoms with Crippen molar-refractivity contribution in [3.8, 4) is 0 Å². The van der Waals surface area contributed by atoms with Crippen molar-refractivity contribution in [2.45, 2.75) is 32.1 Å². The second kappa shape index (κ2) is 6.73. The lowest BCUT2D eigenvalue weighted by Gasteiger charge is -1.98. The monoisotopic (exact) mass is 279 g/mol. The van der Waals surface area contributed by atoms with Gasteiger partial charge in [-0.05, 0) is 43.7 Å². The number of benzene rings is 1. The first-order chi connectivity index (χ1) is 9.20. The summed E-state index contributed by atoms with van der Waals surface area (Å²) in [4.78, 5) is 12.0. The lowest BCUT2D eigenvalue weighted by atomic mass is 10.1. The van der Waals surface area contributed by atoms with Crippen molar-refractivity contribution >= 4 is 28.4 Å². The van der Waals surface area contributed by atoms with Gasteiger partial charge in [0.05, 0.1) is 0 Å². The Morgan fingerprint density at radius 2 is 1.95 bits per heavy atom. The molecule has 0 unspecified atom stereocenters. The van der Waals surface area contributed by atoms with Crippen LogP contribution in [0.2, 0.25) is 5.02 Å². The van der Waals surface area contributed by atoms with Gasteiger partial charge >= 0.3 is 0 Å². The number of carbonyl (C=O) groups excluding carboxylic acids is 1. The number of ketones is 1. The maximum Gasteiger partial charge on any atom is 0.198 e. The summed E-state index contributed by atoms with van der Waals surface area (Å²) in [5, 5.41) is 1.52. The molecule has 0 radical (unpaired) electrons. The van der Waals surface area contributed by atoms with Crippen LogP contribution in [0.1, 0.15) is 42.7 Å². The quantitative estimate of drug-likeness (QED) is 0.611. The number of halogens is 1. The Balaban J connectivity index is 1.94. The maximum atomic E-state index is 12.0. The molecule has 0 aliphatic heterocycles. The number of hydrogen-bond donors (Lipinski definition) is 1. The third-order valence-electron chi connectivity index (χ3n) is 3.11. The van der Waals surface area contributed by atoms with Gasteiger partial charge in [0.25, 0.3) is 0 Å². The second-order valence-electron chi connectivity index (χ2n) is 4.67. The summed E-state index contributed by atoms with van der Waals surface area (Å²) in [6.07, 6.45) is 4.56. The molecule has 0 fully saturated rings. The predicted octanol–water partition coefficient (Wildman–Crippen LogP) is 4.18. The number of carbonyl (C=O) groups is 1. The van der Waals surface area contributed by atoms with Crippen LogP contribution in [0.3, 0.4) is 0 Å². The van der Waals surface area contributed by atoms with E-state index in [4.69, 9.17) is 21.8 Å². The highest BCUT2D eigenvalue weighted by atomic mass is 35.5. The van der Waals surface area contributed by atoms with Crippen molar-refractivity contribution in [1.82, 2.24) is 0 Å². The van der Waals surface area contributed by atoms with E-state index in [1.54, 1.807) is 24.3 Å². The molecule has 2 aromatic rings. The van der Waals surface area contributed by atoms with E-state index < -0.39 is 0 Å². The molecule has 3 nitrogen and oxygen atoms in total. The van der Waals surface area contributed by atoms with Crippen LogP contribution in [-0.4, -0.2) is 12.3 Å². The molecule has 0 aliphatic carbocycles. The van der Waals surface area contributed by atoms with Gasteiger partial charge in [-0.1, -0.05) is 24.4 Å². The maximum absolute atomic E-state index is 12.0. The first kappa shape index (κ1) is 14.1. The van der Waals surface area contributed by atoms with Crippen LogP contribution in [0.15, 0.2) is 28.7 Å². The Morgan fingerprint density at radius 1 is 1.16 bits per heavy atom. The van der Waals surface area contributed by atoms with Crippen molar-refractivity contribution < 1.29 is 9.21 Å². The molecule has 0 aliphatic rings. The smallest absolute Gasteiger partial charge is 0.198 e. The molecule has 1 aromatic heterocycles. The molecule has 4 heteroatoms. The summed E-state index contributed by atoms with van der Waals surface area (Å²) in [6.45, 7) is 0.721. The first-order valence-corrected chi connectivity index (χ1v) is 7.01. The van der Waals surface area contributed by atoms with Crippen LogP contribution < -0.4 is 5.73 Å². The Hall–Kier alpha value is -1.32. The van der Waals surface area contributed by atoms with Gasteiger partial charge in [0.2, 0.25) is 0 Å². The normalized spacial score (nSPS) is 11.1. The zero-order valence-electron chi connectivity index (χ0n) is 10.8. The van der Waals surface area contributed by atoms with Crippen molar-refractivity contribution in [2.24, 2.45) is 5.73 Å². The highest BCUT2D eigenvalue weighted by Gasteiger charge is 2.12. The molecule has 0 bridgehead atoms. The van der Waals surface area contributed by atoms with Gasteiger partial charge in [0.1, 0.15) is 5.58 Å². The number of fused-ring (bicyclic) bond motifs is 1. The molecule has 1 heterocycles. The summed E-state index contributed by atoms with van der Waals surface area (Å²) < 4.78 is 5.53. The van der Waals surface area contributed by atoms with Gasteiger partial charge in [0.15, 0.2) is 11.5 Å². The van der Waals surface area contributed by atoms with E-state index in [1.165, 1.54) is 0 Å². The molecule has 0 spiro atoms. The second-order valence-corrected chi connectivity index (χ2v) is 5.11. The van der Waals surface area contributed by atoms with E-state index in [-0.39, 0.29) is 5.78 Å². The van der Waals surface area contributed by atoms with Crippen LogP contribution >= 0.6 is 11.6 Å². The van der Waals surface area contributed by atoms with Crippen LogP contribution in [0.5, 0.6) is 0 Å². The third kappa shape index (κ3) is 3.82. The molecule has 2 N–H and O–H groups in total. The third-order valence-corrected chi connectivity index (χ3v) is 3.35. The molecular formula is C15H18ClNO2. The van der Waals surface area contributed by atoms with Gasteiger partial charge in [-0.2, -0.15) is 0 Å². The first-order valence-electron chi connectivity index (χ1n) is 6.63. The fraction of sp³-hybridized carbons (Fsp3) is 0.400. The van der Waals surface area contributed by atoms with Gasteiger partial charge in [-0.25, -0.2) is 0 Å². The molecule has 2 rings (SSSR count). The lowest BCUT2D eigenvalue weighted by molar-refractivity contribution is 0.0954. The van der Waals surface area contributed by atoms with Crippen LogP contribution in [0.4, 0.5) is 0 Å². The van der Waals surface area contributed by atoms with Gasteiger partial charge in [0, 0.05) is 16.8 Å². The molecule has 19 heavy (non-hydrogen) atoms. The number of furan rings is 1. The molecule has 1 aromatic carbocycles. The standard InChI is InChI=1S/C15H18ClNO2/c16-12-6-7-14-11(9-12)10-15(19-14)13(18)5-3-1-2-4-8-17/h6-7,9-10H,1-5,8,17H2. The van der Waals surface area contributed by atoms with E-state index in [1.807, 2.05) is 0 Å². The van der Waals surface area contributed by atoms with E-state index in [0.29, 0.717) is 22.8 Å². The minimum Gasteiger partial charge on any atom is -0.453 e. The fourth-order valence-corrected chi connectivity index (χ4v) is 2.24. The number of hydrogen-bond acceptors (Lipinski definition) is 3. The van der Waals surface area contributed by atoms with E-state index in [2.05, 4.69) is 0 Å². The number of unbranched alkanes of at least 4 members (excludes halogenated alkanes) is 3. The minimum atomic E-state index is 0.0556. The summed E-state index contributed by atoms with van der Waals surface area (Å²) in [5.41, 5.74) is 6.13. The molecule has 0 amide bonds. The van der Waals surface area contributed by atoms with Crippen molar-refractivity contribution in [1.29, 1.82) is 0 Å². The van der Waals surface area contributed by atoms with E-state index >= 15 is 0 Å². The summed E-state index contributed by atoms with van der Waals surface area (Å²) in [7, 11) is 0. The average Bonchev–Trinajstić information content (AvgIpc) is 2.81. The van der Waals surface area contributed by atoms with E-state index in [9.17, 15) is 4.79 Å². The number of rotatable bonds is 7. The number of nitrogens with two attached hydrogens (primary N) is 1. The van der Waals surface area contributed by atoms with Crippen molar-refractivity contribution in [2.75, 3.05) is 6.54 Å². The Morgan fingerprint density at radius 3 is 2.74 bits per heavy atom.